The van der Waals surface area contributed by atoms with Gasteiger partial charge >= 0.3 is 0 Å². The van der Waals surface area contributed by atoms with Crippen LogP contribution in [0.5, 0.6) is 5.88 Å². The van der Waals surface area contributed by atoms with Crippen LogP contribution in [-0.4, -0.2) is 77.2 Å². The third-order valence-corrected chi connectivity index (χ3v) is 6.87. The van der Waals surface area contributed by atoms with Crippen molar-refractivity contribution < 1.29 is 27.8 Å². The first-order chi connectivity index (χ1) is 16.7. The number of alkyl halides is 2. The van der Waals surface area contributed by atoms with E-state index in [4.69, 9.17) is 4.74 Å². The summed E-state index contributed by atoms with van der Waals surface area (Å²) in [4.78, 5) is 20.1. The molecule has 3 heterocycles. The summed E-state index contributed by atoms with van der Waals surface area (Å²) in [5, 5.41) is 9.62. The maximum atomic E-state index is 14.7. The Balaban J connectivity index is 1.28. The number of hydrogen-bond donors (Lipinski definition) is 1. The van der Waals surface area contributed by atoms with Crippen LogP contribution in [0.1, 0.15) is 43.0 Å². The number of aromatic nitrogens is 1. The molecule has 2 fully saturated rings. The first-order valence-corrected chi connectivity index (χ1v) is 12.2. The van der Waals surface area contributed by atoms with Crippen LogP contribution in [-0.2, 0) is 0 Å². The third kappa shape index (κ3) is 6.52. The number of aliphatic hydroxyl groups is 1. The lowest BCUT2D eigenvalue weighted by molar-refractivity contribution is -0.0428. The Kier molecular flexibility index (Phi) is 7.96. The minimum atomic E-state index is -2.63. The van der Waals surface area contributed by atoms with Gasteiger partial charge in [0.1, 0.15) is 5.82 Å². The van der Waals surface area contributed by atoms with Crippen molar-refractivity contribution in [1.29, 1.82) is 0 Å². The van der Waals surface area contributed by atoms with E-state index in [-0.39, 0.29) is 25.1 Å². The van der Waals surface area contributed by atoms with E-state index < -0.39 is 23.8 Å². The fraction of sp³-hybridized carbons (Fsp3) is 0.538. The quantitative estimate of drug-likeness (QED) is 0.599. The number of halogens is 3. The highest BCUT2D eigenvalue weighted by atomic mass is 19.3. The first-order valence-electron chi connectivity index (χ1n) is 12.2. The molecule has 0 aliphatic carbocycles. The molecule has 4 rings (SSSR count). The van der Waals surface area contributed by atoms with Crippen LogP contribution in [0.3, 0.4) is 0 Å². The lowest BCUT2D eigenvalue weighted by Gasteiger charge is -2.33. The first kappa shape index (κ1) is 25.4. The van der Waals surface area contributed by atoms with Crippen LogP contribution in [0.25, 0.3) is 11.1 Å². The maximum absolute atomic E-state index is 14.7. The molecular weight excluding hydrogens is 459 g/mol. The number of carbonyl (C=O) groups is 1. The number of benzene rings is 1. The number of β-amino-alcohol motifs (C(OH)–C–C–N with tert-alkyl or cyclic N) is 1. The van der Waals surface area contributed by atoms with Gasteiger partial charge in [-0.2, -0.15) is 0 Å². The zero-order chi connectivity index (χ0) is 25.0. The van der Waals surface area contributed by atoms with E-state index in [9.17, 15) is 23.1 Å². The number of aliphatic hydroxyl groups excluding tert-OH is 1. The summed E-state index contributed by atoms with van der Waals surface area (Å²) >= 11 is 0. The van der Waals surface area contributed by atoms with Crippen molar-refractivity contribution in [3.8, 4) is 17.0 Å². The summed E-state index contributed by atoms with van der Waals surface area (Å²) in [6.07, 6.45) is 3.01. The Hall–Kier alpha value is -2.65. The van der Waals surface area contributed by atoms with Gasteiger partial charge in [0.05, 0.1) is 24.8 Å². The molecular formula is C26H32F3N3O3. The molecule has 1 atom stereocenters. The molecule has 0 spiro atoms. The Morgan fingerprint density at radius 2 is 1.89 bits per heavy atom. The standard InChI is InChI=1S/C26H32F3N3O3/c1-2-26(28,29)17-31-10-7-18(8-11-31)16-35-24-6-4-20(14-30-24)19-3-5-22(23(27)13-19)25(34)32-12-9-21(33)15-32/h3-6,13-14,18,21,33H,2,7-12,15-17H2,1H3/t21-/m1/s1. The molecule has 0 unspecified atom stereocenters. The van der Waals surface area contributed by atoms with Crippen molar-refractivity contribution in [2.24, 2.45) is 5.92 Å². The molecule has 0 bridgehead atoms. The lowest BCUT2D eigenvalue weighted by atomic mass is 9.97. The van der Waals surface area contributed by atoms with Crippen molar-refractivity contribution in [3.05, 3.63) is 47.9 Å². The normalized spacial score (nSPS) is 19.8. The summed E-state index contributed by atoms with van der Waals surface area (Å²) in [6.45, 7) is 3.71. The topological polar surface area (TPSA) is 65.9 Å². The van der Waals surface area contributed by atoms with Gasteiger partial charge in [0.15, 0.2) is 0 Å². The van der Waals surface area contributed by atoms with Crippen molar-refractivity contribution in [2.45, 2.75) is 44.6 Å². The third-order valence-electron chi connectivity index (χ3n) is 6.87. The van der Waals surface area contributed by atoms with E-state index >= 15 is 0 Å². The van der Waals surface area contributed by atoms with E-state index in [1.54, 1.807) is 24.4 Å². The van der Waals surface area contributed by atoms with E-state index in [0.29, 0.717) is 55.6 Å². The van der Waals surface area contributed by atoms with Crippen LogP contribution in [0, 0.1) is 11.7 Å². The summed E-state index contributed by atoms with van der Waals surface area (Å²) < 4.78 is 47.7. The van der Waals surface area contributed by atoms with Crippen molar-refractivity contribution in [2.75, 3.05) is 39.3 Å². The number of amides is 1. The molecule has 1 aromatic heterocycles. The molecule has 0 radical (unpaired) electrons. The summed E-state index contributed by atoms with van der Waals surface area (Å²) in [5.41, 5.74) is 1.27. The van der Waals surface area contributed by atoms with Crippen LogP contribution in [0.15, 0.2) is 36.5 Å². The Morgan fingerprint density at radius 3 is 2.49 bits per heavy atom. The fourth-order valence-electron chi connectivity index (χ4n) is 4.55. The SMILES string of the molecule is CCC(F)(F)CN1CCC(COc2ccc(-c3ccc(C(=O)N4CC[C@@H](O)C4)c(F)c3)cn2)CC1. The van der Waals surface area contributed by atoms with Gasteiger partial charge < -0.3 is 14.7 Å². The van der Waals surface area contributed by atoms with Gasteiger partial charge in [0, 0.05) is 37.3 Å². The van der Waals surface area contributed by atoms with E-state index in [1.807, 2.05) is 4.90 Å². The second-order valence-corrected chi connectivity index (χ2v) is 9.51. The molecule has 2 aromatic rings. The van der Waals surface area contributed by atoms with Gasteiger partial charge in [-0.05, 0) is 62.0 Å². The van der Waals surface area contributed by atoms with Crippen molar-refractivity contribution in [1.82, 2.24) is 14.8 Å². The van der Waals surface area contributed by atoms with Crippen molar-refractivity contribution in [3.63, 3.8) is 0 Å². The van der Waals surface area contributed by atoms with Gasteiger partial charge in [-0.1, -0.05) is 13.0 Å². The average molecular weight is 492 g/mol. The number of carbonyl (C=O) groups excluding carboxylic acids is 1. The maximum Gasteiger partial charge on any atom is 0.260 e. The number of pyridine rings is 1. The number of likely N-dealkylation sites (tertiary alicyclic amines) is 2. The highest BCUT2D eigenvalue weighted by Gasteiger charge is 2.31. The zero-order valence-corrected chi connectivity index (χ0v) is 19.9. The zero-order valence-electron chi connectivity index (χ0n) is 19.9. The van der Waals surface area contributed by atoms with Gasteiger partial charge in [-0.25, -0.2) is 18.2 Å². The Morgan fingerprint density at radius 1 is 1.14 bits per heavy atom. The second kappa shape index (κ2) is 11.0. The molecule has 2 aliphatic rings. The van der Waals surface area contributed by atoms with Crippen LogP contribution in [0.4, 0.5) is 13.2 Å². The largest absolute Gasteiger partial charge is 0.477 e. The monoisotopic (exact) mass is 491 g/mol. The summed E-state index contributed by atoms with van der Waals surface area (Å²) in [5.74, 6) is -2.92. The summed E-state index contributed by atoms with van der Waals surface area (Å²) in [7, 11) is 0. The molecule has 1 aromatic carbocycles. The summed E-state index contributed by atoms with van der Waals surface area (Å²) in [6, 6.07) is 7.95. The molecule has 190 valence electrons. The fourth-order valence-corrected chi connectivity index (χ4v) is 4.55. The molecule has 1 N–H and O–H groups in total. The van der Waals surface area contributed by atoms with Crippen LogP contribution < -0.4 is 4.74 Å². The predicted octanol–water partition coefficient (Wildman–Crippen LogP) is 4.23. The molecule has 1 amide bonds. The van der Waals surface area contributed by atoms with E-state index in [0.717, 1.165) is 12.8 Å². The number of rotatable bonds is 8. The van der Waals surface area contributed by atoms with Crippen LogP contribution in [0.2, 0.25) is 0 Å². The number of ether oxygens (including phenoxy) is 1. The van der Waals surface area contributed by atoms with Crippen molar-refractivity contribution >= 4 is 5.91 Å². The number of hydrogen-bond acceptors (Lipinski definition) is 5. The van der Waals surface area contributed by atoms with Gasteiger partial charge in [0.25, 0.3) is 11.8 Å². The van der Waals surface area contributed by atoms with Gasteiger partial charge in [-0.3, -0.25) is 9.69 Å². The average Bonchev–Trinajstić information content (AvgIpc) is 3.29. The lowest BCUT2D eigenvalue weighted by Crippen LogP contribution is -2.42. The minimum absolute atomic E-state index is 0.0137. The number of piperidine rings is 1. The molecule has 35 heavy (non-hydrogen) atoms. The Labute approximate surface area is 203 Å². The smallest absolute Gasteiger partial charge is 0.260 e. The number of nitrogens with zero attached hydrogens (tertiary/aromatic N) is 3. The molecule has 2 saturated heterocycles. The van der Waals surface area contributed by atoms with E-state index in [1.165, 1.54) is 24.0 Å². The molecule has 0 saturated carbocycles. The molecule has 2 aliphatic heterocycles. The second-order valence-electron chi connectivity index (χ2n) is 9.51. The highest BCUT2D eigenvalue weighted by molar-refractivity contribution is 5.95. The molecule has 9 heteroatoms. The highest BCUT2D eigenvalue weighted by Crippen LogP contribution is 2.26. The molecule has 6 nitrogen and oxygen atoms in total. The van der Waals surface area contributed by atoms with Gasteiger partial charge in [0.2, 0.25) is 5.88 Å². The Bertz CT molecular complexity index is 1010. The van der Waals surface area contributed by atoms with E-state index in [2.05, 4.69) is 4.98 Å². The van der Waals surface area contributed by atoms with Gasteiger partial charge in [-0.15, -0.1) is 0 Å². The van der Waals surface area contributed by atoms with Crippen LogP contribution >= 0.6 is 0 Å². The minimum Gasteiger partial charge on any atom is -0.477 e. The predicted molar refractivity (Wildman–Crippen MR) is 126 cm³/mol.